The quantitative estimate of drug-likeness (QED) is 0.864. The lowest BCUT2D eigenvalue weighted by Crippen LogP contribution is -2.42. The molecule has 1 N–H and O–H groups in total. The Labute approximate surface area is 114 Å². The van der Waals surface area contributed by atoms with E-state index in [2.05, 4.69) is 0 Å². The number of fused-ring (bicyclic) bond motifs is 1. The van der Waals surface area contributed by atoms with Crippen molar-refractivity contribution in [3.63, 3.8) is 0 Å². The zero-order chi connectivity index (χ0) is 15.0. The Morgan fingerprint density at radius 2 is 2.32 bits per heavy atom. The summed E-state index contributed by atoms with van der Waals surface area (Å²) in [5, 5.41) is 9.64. The predicted octanol–water partition coefficient (Wildman–Crippen LogP) is 0.941. The van der Waals surface area contributed by atoms with Crippen LogP contribution in [-0.4, -0.2) is 41.9 Å². The number of hydrogen-bond donors (Lipinski definition) is 1. The van der Waals surface area contributed by atoms with Crippen LogP contribution >= 0.6 is 0 Å². The van der Waals surface area contributed by atoms with Gasteiger partial charge in [-0.05, 0) is 30.5 Å². The standard InChI is InChI=1S/C14H17NO4/c16-11-2-1-5-15(8-11)14(17)7-10-3-4-12-13(6-10)19-9-18-12/h3-4,6,11,16H,1-2,5,7-9H2/i7D2. The van der Waals surface area contributed by atoms with Crippen molar-refractivity contribution in [1.29, 1.82) is 0 Å². The molecule has 1 unspecified atom stereocenters. The first-order valence-corrected chi connectivity index (χ1v) is 6.36. The second-order valence-corrected chi connectivity index (χ2v) is 4.74. The molecule has 3 rings (SSSR count). The zero-order valence-corrected chi connectivity index (χ0v) is 10.5. The number of likely N-dealkylation sites (tertiary alicyclic amines) is 1. The van der Waals surface area contributed by atoms with Gasteiger partial charge in [-0.15, -0.1) is 0 Å². The number of hydrogen-bond acceptors (Lipinski definition) is 4. The molecule has 2 aliphatic rings. The second-order valence-electron chi connectivity index (χ2n) is 4.74. The summed E-state index contributed by atoms with van der Waals surface area (Å²) in [5.74, 6) is 0.373. The van der Waals surface area contributed by atoms with E-state index in [1.165, 1.54) is 17.0 Å². The summed E-state index contributed by atoms with van der Waals surface area (Å²) in [6, 6.07) is 4.64. The molecule has 1 amide bonds. The summed E-state index contributed by atoms with van der Waals surface area (Å²) in [6.45, 7) is 0.761. The summed E-state index contributed by atoms with van der Waals surface area (Å²) in [4.78, 5) is 13.8. The van der Waals surface area contributed by atoms with Crippen molar-refractivity contribution in [2.45, 2.75) is 25.3 Å². The van der Waals surface area contributed by atoms with Crippen LogP contribution in [0.15, 0.2) is 18.2 Å². The van der Waals surface area contributed by atoms with Crippen LogP contribution in [0.4, 0.5) is 0 Å². The Hall–Kier alpha value is -1.75. The minimum absolute atomic E-state index is 0.105. The van der Waals surface area contributed by atoms with Gasteiger partial charge in [0.25, 0.3) is 0 Å². The van der Waals surface area contributed by atoms with Gasteiger partial charge < -0.3 is 19.5 Å². The summed E-state index contributed by atoms with van der Waals surface area (Å²) in [7, 11) is 0. The van der Waals surface area contributed by atoms with Gasteiger partial charge in [-0.1, -0.05) is 6.07 Å². The van der Waals surface area contributed by atoms with Gasteiger partial charge in [0.2, 0.25) is 12.7 Å². The van der Waals surface area contributed by atoms with E-state index in [9.17, 15) is 9.90 Å². The maximum Gasteiger partial charge on any atom is 0.231 e. The Morgan fingerprint density at radius 1 is 1.47 bits per heavy atom. The van der Waals surface area contributed by atoms with Crippen LogP contribution in [-0.2, 0) is 11.2 Å². The van der Waals surface area contributed by atoms with Crippen LogP contribution in [0.2, 0.25) is 0 Å². The van der Waals surface area contributed by atoms with Crippen LogP contribution in [0, 0.1) is 0 Å². The highest BCUT2D eigenvalue weighted by atomic mass is 16.7. The molecule has 5 nitrogen and oxygen atoms in total. The second kappa shape index (κ2) is 5.09. The van der Waals surface area contributed by atoms with E-state index in [0.717, 1.165) is 0 Å². The number of benzene rings is 1. The molecule has 5 heteroatoms. The Bertz CT molecular complexity index is 564. The van der Waals surface area contributed by atoms with Crippen molar-refractivity contribution < 1.29 is 22.1 Å². The molecule has 0 radical (unpaired) electrons. The number of rotatable bonds is 2. The third kappa shape index (κ3) is 2.66. The van der Waals surface area contributed by atoms with E-state index < -0.39 is 18.4 Å². The maximum absolute atomic E-state index is 12.4. The first kappa shape index (κ1) is 10.1. The van der Waals surface area contributed by atoms with Gasteiger partial charge in [-0.2, -0.15) is 0 Å². The summed E-state index contributed by atoms with van der Waals surface area (Å²) in [5.41, 5.74) is 0.233. The normalized spacial score (nSPS) is 23.8. The minimum atomic E-state index is -2.15. The predicted molar refractivity (Wildman–Crippen MR) is 68.1 cm³/mol. The molecular formula is C14H17NO4. The van der Waals surface area contributed by atoms with Gasteiger partial charge in [-0.3, -0.25) is 4.79 Å². The molecule has 1 aromatic carbocycles. The Balaban J connectivity index is 1.83. The van der Waals surface area contributed by atoms with E-state index in [1.807, 2.05) is 0 Å². The molecule has 2 aliphatic heterocycles. The van der Waals surface area contributed by atoms with Crippen LogP contribution in [0.3, 0.4) is 0 Å². The molecule has 2 heterocycles. The van der Waals surface area contributed by atoms with Crippen molar-refractivity contribution >= 4 is 5.91 Å². The largest absolute Gasteiger partial charge is 0.454 e. The molecule has 1 saturated heterocycles. The van der Waals surface area contributed by atoms with Crippen molar-refractivity contribution in [2.75, 3.05) is 19.9 Å². The molecule has 1 fully saturated rings. The van der Waals surface area contributed by atoms with Gasteiger partial charge >= 0.3 is 0 Å². The average molecular weight is 265 g/mol. The first-order chi connectivity index (χ1) is 9.98. The fraction of sp³-hybridized carbons (Fsp3) is 0.500. The topological polar surface area (TPSA) is 59.0 Å². The summed E-state index contributed by atoms with van der Waals surface area (Å²) >= 11 is 0. The van der Waals surface area contributed by atoms with Crippen LogP contribution in [0.5, 0.6) is 11.5 Å². The molecule has 0 saturated carbocycles. The molecule has 1 atom stereocenters. The molecule has 19 heavy (non-hydrogen) atoms. The third-order valence-electron chi connectivity index (χ3n) is 3.31. The number of piperidine rings is 1. The number of β-amino-alcohol motifs (C(OH)–C–C–N with tert-alkyl or cyclic N) is 1. The fourth-order valence-corrected chi connectivity index (χ4v) is 2.32. The highest BCUT2D eigenvalue weighted by Gasteiger charge is 2.22. The fourth-order valence-electron chi connectivity index (χ4n) is 2.32. The number of ether oxygens (including phenoxy) is 2. The van der Waals surface area contributed by atoms with Crippen molar-refractivity contribution in [2.24, 2.45) is 0 Å². The van der Waals surface area contributed by atoms with Gasteiger partial charge in [0, 0.05) is 15.8 Å². The molecular weight excluding hydrogens is 246 g/mol. The lowest BCUT2D eigenvalue weighted by Gasteiger charge is -2.30. The number of carbonyl (C=O) groups excluding carboxylic acids is 1. The van der Waals surface area contributed by atoms with E-state index in [0.29, 0.717) is 30.9 Å². The highest BCUT2D eigenvalue weighted by Crippen LogP contribution is 2.32. The summed E-state index contributed by atoms with van der Waals surface area (Å²) < 4.78 is 26.7. The molecule has 0 bridgehead atoms. The van der Waals surface area contributed by atoms with Gasteiger partial charge in [0.1, 0.15) is 0 Å². The number of carbonyl (C=O) groups is 1. The molecule has 0 aromatic heterocycles. The van der Waals surface area contributed by atoms with Crippen molar-refractivity contribution in [3.05, 3.63) is 23.8 Å². The van der Waals surface area contributed by atoms with E-state index in [-0.39, 0.29) is 18.9 Å². The summed E-state index contributed by atoms with van der Waals surface area (Å²) in [6.07, 6.45) is -1.39. The third-order valence-corrected chi connectivity index (χ3v) is 3.31. The zero-order valence-electron chi connectivity index (χ0n) is 12.5. The Morgan fingerprint density at radius 3 is 3.16 bits per heavy atom. The van der Waals surface area contributed by atoms with Crippen LogP contribution in [0.25, 0.3) is 0 Å². The highest BCUT2D eigenvalue weighted by molar-refractivity contribution is 5.79. The smallest absolute Gasteiger partial charge is 0.231 e. The van der Waals surface area contributed by atoms with Gasteiger partial charge in [-0.25, -0.2) is 0 Å². The lowest BCUT2D eigenvalue weighted by atomic mass is 10.1. The van der Waals surface area contributed by atoms with Crippen molar-refractivity contribution in [1.82, 2.24) is 4.90 Å². The maximum atomic E-state index is 12.4. The molecule has 0 spiro atoms. The van der Waals surface area contributed by atoms with Gasteiger partial charge in [0.15, 0.2) is 11.5 Å². The van der Waals surface area contributed by atoms with E-state index >= 15 is 0 Å². The number of amides is 1. The monoisotopic (exact) mass is 265 g/mol. The van der Waals surface area contributed by atoms with E-state index in [4.69, 9.17) is 12.2 Å². The number of nitrogens with zero attached hydrogens (tertiary/aromatic N) is 1. The molecule has 102 valence electrons. The SMILES string of the molecule is [2H]C([2H])(C(=O)N1CCCC(O)C1)c1ccc2c(c1)OCO2. The number of aliphatic hydroxyl groups is 1. The number of aliphatic hydroxyl groups excluding tert-OH is 1. The molecule has 1 aromatic rings. The van der Waals surface area contributed by atoms with Crippen LogP contribution in [0.1, 0.15) is 21.1 Å². The molecule has 0 aliphatic carbocycles. The van der Waals surface area contributed by atoms with E-state index in [1.54, 1.807) is 6.07 Å². The first-order valence-electron chi connectivity index (χ1n) is 7.36. The van der Waals surface area contributed by atoms with Crippen LogP contribution < -0.4 is 9.47 Å². The van der Waals surface area contributed by atoms with Crippen molar-refractivity contribution in [3.8, 4) is 11.5 Å². The van der Waals surface area contributed by atoms with Gasteiger partial charge in [0.05, 0.1) is 12.5 Å². The minimum Gasteiger partial charge on any atom is -0.454 e. The lowest BCUT2D eigenvalue weighted by molar-refractivity contribution is -0.133. The average Bonchev–Trinajstić information content (AvgIpc) is 2.93. The Kier molecular flexibility index (Phi) is 2.70.